The van der Waals surface area contributed by atoms with Gasteiger partial charge in [-0.05, 0) is 48.7 Å². The number of nitrogens with two attached hydrogens (primary N) is 1. The molecular weight excluding hydrogens is 310 g/mol. The van der Waals surface area contributed by atoms with Crippen LogP contribution in [0.15, 0.2) is 40.9 Å². The minimum absolute atomic E-state index is 0.168. The van der Waals surface area contributed by atoms with Gasteiger partial charge in [-0.25, -0.2) is 0 Å². The van der Waals surface area contributed by atoms with Crippen molar-refractivity contribution in [2.45, 2.75) is 19.9 Å². The van der Waals surface area contributed by atoms with Crippen LogP contribution in [0.5, 0.6) is 0 Å². The monoisotopic (exact) mass is 323 g/mol. The Morgan fingerprint density at radius 1 is 1.06 bits per heavy atom. The first-order chi connectivity index (χ1) is 8.49. The maximum atomic E-state index is 6.35. The quantitative estimate of drug-likeness (QED) is 0.846. The predicted octanol–water partition coefficient (Wildman–Crippen LogP) is 4.77. The molecule has 0 fully saturated rings. The fourth-order valence-corrected chi connectivity index (χ4v) is 2.77. The largest absolute Gasteiger partial charge is 0.320 e. The van der Waals surface area contributed by atoms with Crippen LogP contribution in [0.2, 0.25) is 5.02 Å². The molecular formula is C15H15BrClN. The minimum Gasteiger partial charge on any atom is -0.320 e. The summed E-state index contributed by atoms with van der Waals surface area (Å²) in [6.07, 6.45) is 0. The van der Waals surface area contributed by atoms with Crippen LogP contribution in [0.1, 0.15) is 28.3 Å². The fourth-order valence-electron chi connectivity index (χ4n) is 2.10. The molecule has 0 aliphatic carbocycles. The molecule has 0 spiro atoms. The lowest BCUT2D eigenvalue weighted by Gasteiger charge is -2.17. The molecule has 2 rings (SSSR count). The van der Waals surface area contributed by atoms with Crippen LogP contribution in [-0.2, 0) is 0 Å². The van der Waals surface area contributed by atoms with Gasteiger partial charge in [0.15, 0.2) is 0 Å². The molecule has 0 aliphatic rings. The Balaban J connectivity index is 2.47. The minimum atomic E-state index is -0.168. The third-order valence-corrected chi connectivity index (χ3v) is 4.01. The molecule has 2 N–H and O–H groups in total. The maximum Gasteiger partial charge on any atom is 0.0565 e. The lowest BCUT2D eigenvalue weighted by atomic mass is 9.94. The van der Waals surface area contributed by atoms with Crippen molar-refractivity contribution >= 4 is 27.5 Å². The Morgan fingerprint density at radius 3 is 2.44 bits per heavy atom. The summed E-state index contributed by atoms with van der Waals surface area (Å²) in [6.45, 7) is 4.16. The van der Waals surface area contributed by atoms with Gasteiger partial charge in [0.1, 0.15) is 0 Å². The van der Waals surface area contributed by atoms with Crippen molar-refractivity contribution in [1.29, 1.82) is 0 Å². The topological polar surface area (TPSA) is 26.0 Å². The van der Waals surface area contributed by atoms with Crippen molar-refractivity contribution in [2.75, 3.05) is 0 Å². The highest BCUT2D eigenvalue weighted by Gasteiger charge is 2.14. The molecule has 18 heavy (non-hydrogen) atoms. The van der Waals surface area contributed by atoms with Crippen LogP contribution in [0, 0.1) is 13.8 Å². The summed E-state index contributed by atoms with van der Waals surface area (Å²) < 4.78 is 0.986. The molecule has 2 aromatic rings. The third kappa shape index (κ3) is 2.77. The Morgan fingerprint density at radius 2 is 1.78 bits per heavy atom. The van der Waals surface area contributed by atoms with Gasteiger partial charge in [0, 0.05) is 9.50 Å². The average Bonchev–Trinajstić information content (AvgIpc) is 2.31. The smallest absolute Gasteiger partial charge is 0.0565 e. The van der Waals surface area contributed by atoms with Gasteiger partial charge < -0.3 is 5.73 Å². The second-order valence-electron chi connectivity index (χ2n) is 4.50. The lowest BCUT2D eigenvalue weighted by Crippen LogP contribution is -2.14. The van der Waals surface area contributed by atoms with E-state index in [1.54, 1.807) is 0 Å². The molecule has 2 aromatic carbocycles. The summed E-state index contributed by atoms with van der Waals surface area (Å²) in [5.41, 5.74) is 10.9. The number of hydrogen-bond acceptors (Lipinski definition) is 1. The van der Waals surface area contributed by atoms with Crippen LogP contribution in [0.4, 0.5) is 0 Å². The number of aryl methyl sites for hydroxylation is 2. The summed E-state index contributed by atoms with van der Waals surface area (Å²) in [6, 6.07) is 11.8. The van der Waals surface area contributed by atoms with E-state index in [2.05, 4.69) is 48.0 Å². The highest BCUT2D eigenvalue weighted by Crippen LogP contribution is 2.30. The maximum absolute atomic E-state index is 6.35. The molecule has 0 saturated carbocycles. The average molecular weight is 325 g/mol. The van der Waals surface area contributed by atoms with E-state index < -0.39 is 0 Å². The lowest BCUT2D eigenvalue weighted by molar-refractivity contribution is 0.855. The van der Waals surface area contributed by atoms with Crippen molar-refractivity contribution in [3.63, 3.8) is 0 Å². The molecule has 94 valence electrons. The first kappa shape index (κ1) is 13.6. The number of halogens is 2. The van der Waals surface area contributed by atoms with Crippen molar-refractivity contribution < 1.29 is 0 Å². The second kappa shape index (κ2) is 5.43. The van der Waals surface area contributed by atoms with Gasteiger partial charge in [-0.3, -0.25) is 0 Å². The summed E-state index contributed by atoms with van der Waals surface area (Å²) in [4.78, 5) is 0. The molecule has 0 bridgehead atoms. The van der Waals surface area contributed by atoms with E-state index in [4.69, 9.17) is 17.3 Å². The number of rotatable bonds is 2. The van der Waals surface area contributed by atoms with E-state index >= 15 is 0 Å². The normalized spacial score (nSPS) is 12.5. The van der Waals surface area contributed by atoms with Gasteiger partial charge in [0.25, 0.3) is 0 Å². The summed E-state index contributed by atoms with van der Waals surface area (Å²) >= 11 is 9.57. The number of benzene rings is 2. The molecule has 0 heterocycles. The van der Waals surface area contributed by atoms with Crippen LogP contribution in [0.25, 0.3) is 0 Å². The van der Waals surface area contributed by atoms with E-state index in [9.17, 15) is 0 Å². The third-order valence-electron chi connectivity index (χ3n) is 3.05. The van der Waals surface area contributed by atoms with Gasteiger partial charge >= 0.3 is 0 Å². The summed E-state index contributed by atoms with van der Waals surface area (Å²) in [5, 5.41) is 0.702. The van der Waals surface area contributed by atoms with Crippen LogP contribution < -0.4 is 5.73 Å². The predicted molar refractivity (Wildman–Crippen MR) is 81.1 cm³/mol. The van der Waals surface area contributed by atoms with Gasteiger partial charge in [-0.2, -0.15) is 0 Å². The van der Waals surface area contributed by atoms with Crippen LogP contribution >= 0.6 is 27.5 Å². The first-order valence-electron chi connectivity index (χ1n) is 5.76. The van der Waals surface area contributed by atoms with E-state index in [0.717, 1.165) is 15.6 Å². The Labute approximate surface area is 121 Å². The highest BCUT2D eigenvalue weighted by atomic mass is 79.9. The molecule has 0 aliphatic heterocycles. The summed E-state index contributed by atoms with van der Waals surface area (Å²) in [5.74, 6) is 0. The molecule has 0 saturated heterocycles. The second-order valence-corrected chi connectivity index (χ2v) is 5.79. The SMILES string of the molecule is Cc1ccc(C(N)c2cc(Cl)ccc2Br)c(C)c1. The fraction of sp³-hybridized carbons (Fsp3) is 0.200. The van der Waals surface area contributed by atoms with Crippen LogP contribution in [0.3, 0.4) is 0 Å². The Bertz CT molecular complexity index is 581. The van der Waals surface area contributed by atoms with E-state index in [1.165, 1.54) is 11.1 Å². The van der Waals surface area contributed by atoms with Gasteiger partial charge in [0.2, 0.25) is 0 Å². The molecule has 0 radical (unpaired) electrons. The summed E-state index contributed by atoms with van der Waals surface area (Å²) in [7, 11) is 0. The molecule has 0 aromatic heterocycles. The van der Waals surface area contributed by atoms with Crippen molar-refractivity contribution in [2.24, 2.45) is 5.73 Å². The Hall–Kier alpha value is -0.830. The van der Waals surface area contributed by atoms with Gasteiger partial charge in [-0.15, -0.1) is 0 Å². The molecule has 3 heteroatoms. The first-order valence-corrected chi connectivity index (χ1v) is 6.94. The van der Waals surface area contributed by atoms with Gasteiger partial charge in [-0.1, -0.05) is 51.3 Å². The van der Waals surface area contributed by atoms with E-state index in [1.807, 2.05) is 18.2 Å². The zero-order chi connectivity index (χ0) is 13.3. The molecule has 1 nitrogen and oxygen atoms in total. The molecule has 0 amide bonds. The highest BCUT2D eigenvalue weighted by molar-refractivity contribution is 9.10. The molecule has 1 atom stereocenters. The van der Waals surface area contributed by atoms with Crippen molar-refractivity contribution in [3.05, 3.63) is 68.1 Å². The molecule has 1 unspecified atom stereocenters. The van der Waals surface area contributed by atoms with Crippen LogP contribution in [-0.4, -0.2) is 0 Å². The van der Waals surface area contributed by atoms with Gasteiger partial charge in [0.05, 0.1) is 6.04 Å². The van der Waals surface area contributed by atoms with Crippen molar-refractivity contribution in [1.82, 2.24) is 0 Å². The standard InChI is InChI=1S/C15H15BrClN/c1-9-3-5-12(10(2)7-9)15(18)13-8-11(17)4-6-14(13)16/h3-8,15H,18H2,1-2H3. The number of hydrogen-bond donors (Lipinski definition) is 1. The van der Waals surface area contributed by atoms with E-state index in [-0.39, 0.29) is 6.04 Å². The zero-order valence-corrected chi connectivity index (χ0v) is 12.7. The van der Waals surface area contributed by atoms with Crippen molar-refractivity contribution in [3.8, 4) is 0 Å². The van der Waals surface area contributed by atoms with E-state index in [0.29, 0.717) is 5.02 Å². The zero-order valence-electron chi connectivity index (χ0n) is 10.4. The Kier molecular flexibility index (Phi) is 4.10.